The van der Waals surface area contributed by atoms with Crippen LogP contribution in [0.25, 0.3) is 0 Å². The molecule has 2 amide bonds. The minimum absolute atomic E-state index is 0.158. The lowest BCUT2D eigenvalue weighted by Crippen LogP contribution is -2.32. The molecular formula is C16H13NO4S. The summed E-state index contributed by atoms with van der Waals surface area (Å²) in [7, 11) is 0. The third kappa shape index (κ3) is 2.78. The van der Waals surface area contributed by atoms with E-state index in [1.165, 1.54) is 4.88 Å². The minimum Gasteiger partial charge on any atom is -0.330 e. The van der Waals surface area contributed by atoms with Crippen molar-refractivity contribution in [2.24, 2.45) is 0 Å². The number of amides is 2. The molecule has 1 aliphatic rings. The predicted molar refractivity (Wildman–Crippen MR) is 80.3 cm³/mol. The lowest BCUT2D eigenvalue weighted by Gasteiger charge is -2.12. The van der Waals surface area contributed by atoms with Gasteiger partial charge < -0.3 is 4.84 Å². The molecule has 0 fully saturated rings. The first-order chi connectivity index (χ1) is 10.7. The highest BCUT2D eigenvalue weighted by Gasteiger charge is 2.38. The Kier molecular flexibility index (Phi) is 4.02. The van der Waals surface area contributed by atoms with E-state index in [4.69, 9.17) is 4.84 Å². The van der Waals surface area contributed by atoms with Gasteiger partial charge in [0.25, 0.3) is 11.8 Å². The van der Waals surface area contributed by atoms with Gasteiger partial charge in [0, 0.05) is 11.3 Å². The van der Waals surface area contributed by atoms with Crippen molar-refractivity contribution < 1.29 is 19.2 Å². The van der Waals surface area contributed by atoms with Crippen LogP contribution < -0.4 is 0 Å². The molecule has 0 aliphatic carbocycles. The number of hydroxylamine groups is 2. The summed E-state index contributed by atoms with van der Waals surface area (Å²) in [5, 5.41) is 2.53. The van der Waals surface area contributed by atoms with Crippen molar-refractivity contribution in [1.29, 1.82) is 0 Å². The van der Waals surface area contributed by atoms with Gasteiger partial charge in [-0.1, -0.05) is 23.3 Å². The lowest BCUT2D eigenvalue weighted by atomic mass is 10.1. The first kappa shape index (κ1) is 14.5. The molecule has 2 aromatic rings. The number of aryl methyl sites for hydroxylation is 1. The third-order valence-corrected chi connectivity index (χ3v) is 4.27. The summed E-state index contributed by atoms with van der Waals surface area (Å²) in [6.45, 7) is 0. The van der Waals surface area contributed by atoms with Crippen molar-refractivity contribution >= 4 is 29.1 Å². The SMILES string of the molecule is O=C(CCCc1cccs1)ON1C(=O)c2ccccc2C1=O. The normalized spacial score (nSPS) is 13.4. The number of hydrogen-bond donors (Lipinski definition) is 0. The van der Waals surface area contributed by atoms with E-state index in [-0.39, 0.29) is 17.5 Å². The van der Waals surface area contributed by atoms with Gasteiger partial charge in [0.15, 0.2) is 0 Å². The van der Waals surface area contributed by atoms with E-state index in [0.29, 0.717) is 11.5 Å². The lowest BCUT2D eigenvalue weighted by molar-refractivity contribution is -0.168. The number of fused-ring (bicyclic) bond motifs is 1. The predicted octanol–water partition coefficient (Wildman–Crippen LogP) is 2.83. The van der Waals surface area contributed by atoms with Gasteiger partial charge in [-0.3, -0.25) is 9.59 Å². The smallest absolute Gasteiger partial charge is 0.330 e. The fraction of sp³-hybridized carbons (Fsp3) is 0.188. The van der Waals surface area contributed by atoms with Crippen molar-refractivity contribution in [2.45, 2.75) is 19.3 Å². The number of rotatable bonds is 5. The Bertz CT molecular complexity index is 689. The summed E-state index contributed by atoms with van der Waals surface area (Å²) in [6.07, 6.45) is 1.54. The van der Waals surface area contributed by atoms with Gasteiger partial charge in [-0.05, 0) is 36.4 Å². The average molecular weight is 315 g/mol. The van der Waals surface area contributed by atoms with Crippen molar-refractivity contribution in [3.05, 3.63) is 57.8 Å². The number of thiophene rings is 1. The maximum atomic E-state index is 12.0. The van der Waals surface area contributed by atoms with Gasteiger partial charge >= 0.3 is 5.97 Å². The molecule has 1 aliphatic heterocycles. The molecule has 22 heavy (non-hydrogen) atoms. The molecule has 5 nitrogen and oxygen atoms in total. The first-order valence-corrected chi connectivity index (χ1v) is 7.76. The molecule has 112 valence electrons. The van der Waals surface area contributed by atoms with Crippen LogP contribution in [0.5, 0.6) is 0 Å². The van der Waals surface area contributed by atoms with E-state index in [1.54, 1.807) is 35.6 Å². The summed E-state index contributed by atoms with van der Waals surface area (Å²) in [4.78, 5) is 42.0. The van der Waals surface area contributed by atoms with Crippen LogP contribution in [-0.2, 0) is 16.1 Å². The highest BCUT2D eigenvalue weighted by Crippen LogP contribution is 2.23. The van der Waals surface area contributed by atoms with Gasteiger partial charge in [0.05, 0.1) is 11.1 Å². The second-order valence-electron chi connectivity index (χ2n) is 4.85. The Balaban J connectivity index is 1.56. The first-order valence-electron chi connectivity index (χ1n) is 6.88. The minimum atomic E-state index is -0.591. The Morgan fingerprint density at radius 3 is 2.32 bits per heavy atom. The van der Waals surface area contributed by atoms with Gasteiger partial charge in [0.2, 0.25) is 0 Å². The van der Waals surface area contributed by atoms with Crippen LogP contribution in [0.3, 0.4) is 0 Å². The summed E-state index contributed by atoms with van der Waals surface area (Å²) < 4.78 is 0. The third-order valence-electron chi connectivity index (χ3n) is 3.33. The molecule has 0 bridgehead atoms. The van der Waals surface area contributed by atoms with Crippen LogP contribution in [0.4, 0.5) is 0 Å². The maximum absolute atomic E-state index is 12.0. The van der Waals surface area contributed by atoms with Crippen molar-refractivity contribution in [3.63, 3.8) is 0 Å². The maximum Gasteiger partial charge on any atom is 0.333 e. The molecule has 0 atom stereocenters. The zero-order valence-corrected chi connectivity index (χ0v) is 12.5. The van der Waals surface area contributed by atoms with E-state index < -0.39 is 17.8 Å². The second kappa shape index (κ2) is 6.11. The van der Waals surface area contributed by atoms with Crippen LogP contribution in [-0.4, -0.2) is 22.8 Å². The molecular weight excluding hydrogens is 302 g/mol. The van der Waals surface area contributed by atoms with Crippen LogP contribution in [0.1, 0.15) is 38.4 Å². The highest BCUT2D eigenvalue weighted by atomic mass is 32.1. The second-order valence-corrected chi connectivity index (χ2v) is 5.88. The monoisotopic (exact) mass is 315 g/mol. The molecule has 0 spiro atoms. The molecule has 0 unspecified atom stereocenters. The van der Waals surface area contributed by atoms with Crippen LogP contribution >= 0.6 is 11.3 Å². The fourth-order valence-corrected chi connectivity index (χ4v) is 3.01. The van der Waals surface area contributed by atoms with Crippen molar-refractivity contribution in [1.82, 2.24) is 5.06 Å². The summed E-state index contributed by atoms with van der Waals surface area (Å²) in [6, 6.07) is 10.4. The van der Waals surface area contributed by atoms with E-state index in [2.05, 4.69) is 0 Å². The quantitative estimate of drug-likeness (QED) is 0.796. The van der Waals surface area contributed by atoms with Gasteiger partial charge in [-0.2, -0.15) is 0 Å². The van der Waals surface area contributed by atoms with E-state index in [0.717, 1.165) is 6.42 Å². The molecule has 1 aromatic heterocycles. The number of nitrogens with zero attached hydrogens (tertiary/aromatic N) is 1. The standard InChI is InChI=1S/C16H13NO4S/c18-14(9-3-5-11-6-4-10-22-11)21-17-15(19)12-7-1-2-8-13(12)16(17)20/h1-2,4,6-8,10H,3,5,9H2. The zero-order chi connectivity index (χ0) is 15.5. The van der Waals surface area contributed by atoms with Crippen molar-refractivity contribution in [3.8, 4) is 0 Å². The van der Waals surface area contributed by atoms with Gasteiger partial charge in [-0.15, -0.1) is 11.3 Å². The van der Waals surface area contributed by atoms with Crippen LogP contribution in [0.2, 0.25) is 0 Å². The van der Waals surface area contributed by atoms with Gasteiger partial charge in [0.1, 0.15) is 0 Å². The van der Waals surface area contributed by atoms with Crippen LogP contribution in [0.15, 0.2) is 41.8 Å². The van der Waals surface area contributed by atoms with Crippen LogP contribution in [0, 0.1) is 0 Å². The number of hydrogen-bond acceptors (Lipinski definition) is 5. The topological polar surface area (TPSA) is 63.7 Å². The molecule has 3 rings (SSSR count). The largest absolute Gasteiger partial charge is 0.333 e. The molecule has 0 saturated carbocycles. The molecule has 0 radical (unpaired) electrons. The van der Waals surface area contributed by atoms with Crippen molar-refractivity contribution in [2.75, 3.05) is 0 Å². The van der Waals surface area contributed by atoms with Gasteiger partial charge in [-0.25, -0.2) is 4.79 Å². The zero-order valence-electron chi connectivity index (χ0n) is 11.7. The molecule has 1 aromatic carbocycles. The average Bonchev–Trinajstić information content (AvgIpc) is 3.11. The summed E-state index contributed by atoms with van der Waals surface area (Å²) in [5.74, 6) is -1.76. The van der Waals surface area contributed by atoms with E-state index in [9.17, 15) is 14.4 Å². The number of carbonyl (C=O) groups is 3. The van der Waals surface area contributed by atoms with E-state index in [1.807, 2.05) is 17.5 Å². The Labute approximate surface area is 131 Å². The molecule has 0 saturated heterocycles. The Hall–Kier alpha value is -2.47. The van der Waals surface area contributed by atoms with E-state index >= 15 is 0 Å². The Morgan fingerprint density at radius 2 is 1.73 bits per heavy atom. The number of carbonyl (C=O) groups excluding carboxylic acids is 3. The molecule has 6 heteroatoms. The summed E-state index contributed by atoms with van der Waals surface area (Å²) >= 11 is 1.63. The molecule has 2 heterocycles. The Morgan fingerprint density at radius 1 is 1.05 bits per heavy atom. The highest BCUT2D eigenvalue weighted by molar-refractivity contribution is 7.09. The number of benzene rings is 1. The fourth-order valence-electron chi connectivity index (χ4n) is 2.26. The number of imide groups is 1. The summed E-state index contributed by atoms with van der Waals surface area (Å²) in [5.41, 5.74) is 0.526. The molecule has 0 N–H and O–H groups in total.